The monoisotopic (exact) mass is 498 g/mol. The lowest BCUT2D eigenvalue weighted by molar-refractivity contribution is 0.999. The lowest BCUT2D eigenvalue weighted by atomic mass is 10.1. The van der Waals surface area contributed by atoms with Gasteiger partial charge in [0.2, 0.25) is 0 Å². The Morgan fingerprint density at radius 1 is 0.656 bits per heavy atom. The summed E-state index contributed by atoms with van der Waals surface area (Å²) in [5.41, 5.74) is 4.65. The van der Waals surface area contributed by atoms with Gasteiger partial charge in [0.1, 0.15) is 10.0 Å². The van der Waals surface area contributed by atoms with Crippen molar-refractivity contribution in [2.45, 2.75) is 12.8 Å². The van der Waals surface area contributed by atoms with E-state index in [1.165, 1.54) is 10.7 Å². The van der Waals surface area contributed by atoms with E-state index in [4.69, 9.17) is 0 Å². The molecular weight excluding hydrogens is 476 g/mol. The largest absolute Gasteiger partial charge is 0.302 e. The molecule has 1 aromatic heterocycles. The van der Waals surface area contributed by atoms with Crippen LogP contribution < -0.4 is 9.80 Å². The molecule has 0 saturated heterocycles. The Morgan fingerprint density at radius 3 is 1.69 bits per heavy atom. The zero-order valence-corrected chi connectivity index (χ0v) is 20.0. The molecule has 0 amide bonds. The number of benzene rings is 3. The van der Waals surface area contributed by atoms with Crippen LogP contribution >= 0.6 is 27.3 Å². The number of anilines is 5. The molecule has 0 radical (unpaired) electrons. The Kier molecular flexibility index (Phi) is 6.24. The Labute approximate surface area is 201 Å². The quantitative estimate of drug-likeness (QED) is 0.261. The summed E-state index contributed by atoms with van der Waals surface area (Å²) in [5.74, 6) is 0. The molecule has 0 saturated carbocycles. The van der Waals surface area contributed by atoms with Crippen LogP contribution in [0, 0.1) is 0 Å². The molecule has 1 aliphatic carbocycles. The van der Waals surface area contributed by atoms with Gasteiger partial charge in [-0.2, -0.15) is 0 Å². The number of hydrogen-bond donors (Lipinski definition) is 0. The third-order valence-corrected chi connectivity index (χ3v) is 7.33. The van der Waals surface area contributed by atoms with E-state index in [1.807, 2.05) is 0 Å². The first-order chi connectivity index (χ1) is 15.8. The molecule has 0 fully saturated rings. The number of rotatable bonds is 6. The summed E-state index contributed by atoms with van der Waals surface area (Å²) in [6, 6.07) is 33.9. The Balaban J connectivity index is 1.64. The van der Waals surface area contributed by atoms with E-state index in [2.05, 4.69) is 141 Å². The van der Waals surface area contributed by atoms with Gasteiger partial charge >= 0.3 is 0 Å². The number of thiophene rings is 1. The molecule has 3 aromatic carbocycles. The summed E-state index contributed by atoms with van der Waals surface area (Å²) in [4.78, 5) is 4.66. The van der Waals surface area contributed by atoms with Crippen LogP contribution in [-0.2, 0) is 0 Å². The van der Waals surface area contributed by atoms with Crippen molar-refractivity contribution in [1.82, 2.24) is 0 Å². The predicted octanol–water partition coefficient (Wildman–Crippen LogP) is 9.35. The third-order valence-electron chi connectivity index (χ3n) is 5.36. The second-order valence-corrected chi connectivity index (χ2v) is 9.39. The summed E-state index contributed by atoms with van der Waals surface area (Å²) in [6.07, 6.45) is 8.98. The van der Waals surface area contributed by atoms with Gasteiger partial charge in [-0.3, -0.25) is 0 Å². The highest BCUT2D eigenvalue weighted by Crippen LogP contribution is 2.49. The number of halogens is 1. The van der Waals surface area contributed by atoms with Gasteiger partial charge in [-0.1, -0.05) is 78.1 Å². The highest BCUT2D eigenvalue weighted by atomic mass is 79.9. The Morgan fingerprint density at radius 2 is 1.19 bits per heavy atom. The average molecular weight is 499 g/mol. The van der Waals surface area contributed by atoms with Gasteiger partial charge in [0.05, 0.1) is 4.47 Å². The maximum Gasteiger partial charge on any atom is 0.116 e. The molecule has 4 aromatic rings. The van der Waals surface area contributed by atoms with Crippen molar-refractivity contribution < 1.29 is 0 Å². The third kappa shape index (κ3) is 4.29. The molecule has 4 heteroatoms. The SMILES string of the molecule is Brc1cc(N(C2=CCCC=C2)c2ccccc2)sc1N(c1ccccc1)c1ccccc1. The molecule has 0 N–H and O–H groups in total. The fourth-order valence-corrected chi connectivity index (χ4v) is 5.82. The number of nitrogens with zero attached hydrogens (tertiary/aromatic N) is 2. The topological polar surface area (TPSA) is 6.48 Å². The van der Waals surface area contributed by atoms with Crippen molar-refractivity contribution in [1.29, 1.82) is 0 Å². The number of allylic oxidation sites excluding steroid dienone is 3. The van der Waals surface area contributed by atoms with Crippen molar-refractivity contribution >= 4 is 54.3 Å². The highest BCUT2D eigenvalue weighted by molar-refractivity contribution is 9.10. The minimum atomic E-state index is 1.06. The highest BCUT2D eigenvalue weighted by Gasteiger charge is 2.22. The van der Waals surface area contributed by atoms with E-state index in [0.717, 1.165) is 39.4 Å². The van der Waals surface area contributed by atoms with E-state index in [1.54, 1.807) is 11.3 Å². The smallest absolute Gasteiger partial charge is 0.116 e. The molecule has 0 unspecified atom stereocenters. The van der Waals surface area contributed by atoms with Crippen LogP contribution in [-0.4, -0.2) is 0 Å². The zero-order valence-electron chi connectivity index (χ0n) is 17.6. The Hall–Kier alpha value is -3.08. The molecule has 158 valence electrons. The van der Waals surface area contributed by atoms with E-state index >= 15 is 0 Å². The van der Waals surface area contributed by atoms with Crippen molar-refractivity contribution in [3.05, 3.63) is 125 Å². The molecule has 0 atom stereocenters. The van der Waals surface area contributed by atoms with Crippen LogP contribution in [0.25, 0.3) is 0 Å². The van der Waals surface area contributed by atoms with Gasteiger partial charge in [0.25, 0.3) is 0 Å². The first-order valence-corrected chi connectivity index (χ1v) is 12.3. The lowest BCUT2D eigenvalue weighted by Crippen LogP contribution is -2.14. The summed E-state index contributed by atoms with van der Waals surface area (Å²) < 4.78 is 1.08. The fourth-order valence-electron chi connectivity index (χ4n) is 3.89. The molecule has 2 nitrogen and oxygen atoms in total. The maximum atomic E-state index is 3.88. The van der Waals surface area contributed by atoms with Crippen molar-refractivity contribution in [3.63, 3.8) is 0 Å². The predicted molar refractivity (Wildman–Crippen MR) is 142 cm³/mol. The summed E-state index contributed by atoms with van der Waals surface area (Å²) in [5, 5.41) is 2.33. The first-order valence-electron chi connectivity index (χ1n) is 10.7. The Bertz CT molecular complexity index is 1190. The van der Waals surface area contributed by atoms with Gasteiger partial charge in [0, 0.05) is 22.8 Å². The van der Waals surface area contributed by atoms with Gasteiger partial charge < -0.3 is 9.80 Å². The van der Waals surface area contributed by atoms with Crippen LogP contribution in [0.2, 0.25) is 0 Å². The van der Waals surface area contributed by atoms with Crippen LogP contribution in [0.5, 0.6) is 0 Å². The lowest BCUT2D eigenvalue weighted by Gasteiger charge is -2.26. The minimum absolute atomic E-state index is 1.06. The molecule has 1 heterocycles. The van der Waals surface area contributed by atoms with Crippen LogP contribution in [0.4, 0.5) is 27.1 Å². The maximum absolute atomic E-state index is 3.88. The van der Waals surface area contributed by atoms with Crippen molar-refractivity contribution in [3.8, 4) is 0 Å². The first kappa shape index (κ1) is 20.8. The van der Waals surface area contributed by atoms with Gasteiger partial charge in [0.15, 0.2) is 0 Å². The van der Waals surface area contributed by atoms with E-state index in [9.17, 15) is 0 Å². The van der Waals surface area contributed by atoms with Crippen LogP contribution in [0.15, 0.2) is 125 Å². The summed E-state index contributed by atoms with van der Waals surface area (Å²) in [7, 11) is 0. The molecule has 0 bridgehead atoms. The minimum Gasteiger partial charge on any atom is -0.302 e. The summed E-state index contributed by atoms with van der Waals surface area (Å²) >= 11 is 5.67. The van der Waals surface area contributed by atoms with E-state index < -0.39 is 0 Å². The second kappa shape index (κ2) is 9.60. The number of hydrogen-bond acceptors (Lipinski definition) is 3. The van der Waals surface area contributed by atoms with Crippen LogP contribution in [0.1, 0.15) is 12.8 Å². The second-order valence-electron chi connectivity index (χ2n) is 7.52. The standard InChI is InChI=1S/C28H23BrN2S/c29-26-21-27(30(22-13-5-1-6-14-22)23-15-7-2-8-16-23)32-28(26)31(24-17-9-3-10-18-24)25-19-11-4-12-20-25/h1,3-7,9-21H,2,8H2. The normalized spacial score (nSPS) is 13.0. The molecule has 1 aliphatic rings. The molecule has 5 rings (SSSR count). The molecular formula is C28H23BrN2S. The average Bonchev–Trinajstić information content (AvgIpc) is 3.22. The van der Waals surface area contributed by atoms with E-state index in [0.29, 0.717) is 0 Å². The number of para-hydroxylation sites is 3. The van der Waals surface area contributed by atoms with Crippen molar-refractivity contribution in [2.75, 3.05) is 9.80 Å². The molecule has 32 heavy (non-hydrogen) atoms. The zero-order chi connectivity index (χ0) is 21.8. The van der Waals surface area contributed by atoms with Gasteiger partial charge in [-0.25, -0.2) is 0 Å². The van der Waals surface area contributed by atoms with Crippen LogP contribution in [0.3, 0.4) is 0 Å². The van der Waals surface area contributed by atoms with Gasteiger partial charge in [-0.15, -0.1) is 0 Å². The van der Waals surface area contributed by atoms with E-state index in [-0.39, 0.29) is 0 Å². The summed E-state index contributed by atoms with van der Waals surface area (Å²) in [6.45, 7) is 0. The molecule has 0 aliphatic heterocycles. The fraction of sp³-hybridized carbons (Fsp3) is 0.0714. The molecule has 0 spiro atoms. The van der Waals surface area contributed by atoms with Crippen molar-refractivity contribution in [2.24, 2.45) is 0 Å². The van der Waals surface area contributed by atoms with Gasteiger partial charge in [-0.05, 0) is 77.3 Å².